The fourth-order valence-corrected chi connectivity index (χ4v) is 3.56. The highest BCUT2D eigenvalue weighted by atomic mass is 35.5. The Bertz CT molecular complexity index is 849. The number of aryl methyl sites for hydroxylation is 3. The Morgan fingerprint density at radius 2 is 1.21 bits per heavy atom. The zero-order chi connectivity index (χ0) is 17.4. The van der Waals surface area contributed by atoms with Crippen LogP contribution < -0.4 is 0 Å². The molecule has 0 aliphatic rings. The molecule has 3 heteroatoms. The van der Waals surface area contributed by atoms with Crippen molar-refractivity contribution in [1.82, 2.24) is 0 Å². The van der Waals surface area contributed by atoms with Crippen LogP contribution in [0, 0.1) is 20.8 Å². The minimum absolute atomic E-state index is 0.693. The van der Waals surface area contributed by atoms with Crippen LogP contribution in [-0.4, -0.2) is 0 Å². The van der Waals surface area contributed by atoms with Gasteiger partial charge in [-0.25, -0.2) is 0 Å². The molecule has 0 aliphatic carbocycles. The molecule has 0 heterocycles. The van der Waals surface area contributed by atoms with E-state index in [9.17, 15) is 0 Å². The predicted molar refractivity (Wildman–Crippen MR) is 107 cm³/mol. The third-order valence-electron chi connectivity index (χ3n) is 4.22. The topological polar surface area (TPSA) is 0 Å². The third-order valence-corrected chi connectivity index (χ3v) is 5.09. The average Bonchev–Trinajstić information content (AvgIpc) is 2.54. The molecule has 0 saturated heterocycles. The molecule has 0 N–H and O–H groups in total. The van der Waals surface area contributed by atoms with Gasteiger partial charge in [0.1, 0.15) is 0 Å². The lowest BCUT2D eigenvalue weighted by Crippen LogP contribution is -1.91. The summed E-state index contributed by atoms with van der Waals surface area (Å²) in [6.45, 7) is 6.19. The van der Waals surface area contributed by atoms with Gasteiger partial charge in [0.2, 0.25) is 0 Å². The lowest BCUT2D eigenvalue weighted by atomic mass is 9.93. The van der Waals surface area contributed by atoms with Crippen molar-refractivity contribution in [3.63, 3.8) is 0 Å². The molecule has 0 bridgehead atoms. The maximum atomic E-state index is 6.62. The van der Waals surface area contributed by atoms with Crippen molar-refractivity contribution in [1.29, 1.82) is 0 Å². The van der Waals surface area contributed by atoms with Gasteiger partial charge in [-0.15, -0.1) is 0 Å². The zero-order valence-electron chi connectivity index (χ0n) is 13.8. The molecule has 0 fully saturated rings. The first-order valence-electron chi connectivity index (χ1n) is 7.70. The number of rotatable bonds is 2. The van der Waals surface area contributed by atoms with Crippen LogP contribution in [0.15, 0.2) is 48.5 Å². The SMILES string of the molecule is Cc1ccc(Cl)c(-c2cc(Cl)c(-c3cc(Cl)ccc3C)cc2C)c1. The Morgan fingerprint density at radius 3 is 1.96 bits per heavy atom. The molecule has 0 saturated carbocycles. The normalized spacial score (nSPS) is 10.9. The van der Waals surface area contributed by atoms with Gasteiger partial charge in [0.05, 0.1) is 0 Å². The second-order valence-corrected chi connectivity index (χ2v) is 7.34. The molecule has 0 aliphatic heterocycles. The lowest BCUT2D eigenvalue weighted by molar-refractivity contribution is 1.41. The summed E-state index contributed by atoms with van der Waals surface area (Å²) in [6.07, 6.45) is 0. The van der Waals surface area contributed by atoms with E-state index in [4.69, 9.17) is 34.8 Å². The third kappa shape index (κ3) is 3.32. The van der Waals surface area contributed by atoms with Crippen LogP contribution in [-0.2, 0) is 0 Å². The van der Waals surface area contributed by atoms with Crippen LogP contribution in [0.1, 0.15) is 16.7 Å². The molecule has 3 aromatic carbocycles. The molecule has 0 aromatic heterocycles. The molecule has 0 nitrogen and oxygen atoms in total. The lowest BCUT2D eigenvalue weighted by Gasteiger charge is -2.15. The first kappa shape index (κ1) is 17.4. The van der Waals surface area contributed by atoms with Crippen LogP contribution in [0.5, 0.6) is 0 Å². The molecule has 0 unspecified atom stereocenters. The van der Waals surface area contributed by atoms with E-state index >= 15 is 0 Å². The van der Waals surface area contributed by atoms with E-state index in [1.807, 2.05) is 36.4 Å². The Morgan fingerprint density at radius 1 is 0.542 bits per heavy atom. The van der Waals surface area contributed by atoms with E-state index in [2.05, 4.69) is 32.9 Å². The Kier molecular flexibility index (Phi) is 4.92. The standard InChI is InChI=1S/C21H17Cl3/c1-12-4-7-20(23)18(8-12)17-11-21(24)19(9-14(17)3)16-10-15(22)6-5-13(16)2/h4-11H,1-3H3. The largest absolute Gasteiger partial charge is 0.0843 e. The summed E-state index contributed by atoms with van der Waals surface area (Å²) in [4.78, 5) is 0. The van der Waals surface area contributed by atoms with Crippen molar-refractivity contribution >= 4 is 34.8 Å². The van der Waals surface area contributed by atoms with E-state index in [0.717, 1.165) is 38.4 Å². The summed E-state index contributed by atoms with van der Waals surface area (Å²) in [5.74, 6) is 0. The zero-order valence-corrected chi connectivity index (χ0v) is 16.0. The quantitative estimate of drug-likeness (QED) is 0.427. The van der Waals surface area contributed by atoms with Gasteiger partial charge < -0.3 is 0 Å². The minimum Gasteiger partial charge on any atom is -0.0843 e. The van der Waals surface area contributed by atoms with Crippen molar-refractivity contribution in [2.75, 3.05) is 0 Å². The maximum absolute atomic E-state index is 6.62. The van der Waals surface area contributed by atoms with Gasteiger partial charge in [-0.05, 0) is 79.4 Å². The molecule has 24 heavy (non-hydrogen) atoms. The summed E-state index contributed by atoms with van der Waals surface area (Å²) in [5, 5.41) is 2.13. The molecule has 0 spiro atoms. The average molecular weight is 376 g/mol. The van der Waals surface area contributed by atoms with Crippen LogP contribution in [0.4, 0.5) is 0 Å². The van der Waals surface area contributed by atoms with Gasteiger partial charge in [0.25, 0.3) is 0 Å². The first-order chi connectivity index (χ1) is 11.4. The molecule has 3 rings (SSSR count). The molecular formula is C21H17Cl3. The van der Waals surface area contributed by atoms with Crippen LogP contribution in [0.3, 0.4) is 0 Å². The highest BCUT2D eigenvalue weighted by Crippen LogP contribution is 2.39. The fraction of sp³-hybridized carbons (Fsp3) is 0.143. The molecule has 3 aromatic rings. The van der Waals surface area contributed by atoms with Gasteiger partial charge in [-0.2, -0.15) is 0 Å². The summed E-state index contributed by atoms with van der Waals surface area (Å²) >= 11 is 19.2. The van der Waals surface area contributed by atoms with E-state index < -0.39 is 0 Å². The number of halogens is 3. The van der Waals surface area contributed by atoms with Gasteiger partial charge in [0, 0.05) is 26.2 Å². The predicted octanol–water partition coefficient (Wildman–Crippen LogP) is 7.91. The minimum atomic E-state index is 0.693. The van der Waals surface area contributed by atoms with Gasteiger partial charge >= 0.3 is 0 Å². The highest BCUT2D eigenvalue weighted by Gasteiger charge is 2.13. The second-order valence-electron chi connectivity index (χ2n) is 6.09. The summed E-state index contributed by atoms with van der Waals surface area (Å²) in [5.41, 5.74) is 7.53. The number of benzene rings is 3. The van der Waals surface area contributed by atoms with E-state index in [1.54, 1.807) is 0 Å². The Balaban J connectivity index is 2.20. The Labute approximate surface area is 158 Å². The molecule has 0 radical (unpaired) electrons. The van der Waals surface area contributed by atoms with Crippen LogP contribution >= 0.6 is 34.8 Å². The van der Waals surface area contributed by atoms with Crippen molar-refractivity contribution in [3.8, 4) is 22.3 Å². The second kappa shape index (κ2) is 6.80. The first-order valence-corrected chi connectivity index (χ1v) is 8.83. The van der Waals surface area contributed by atoms with Gasteiger partial charge in [0.15, 0.2) is 0 Å². The van der Waals surface area contributed by atoms with E-state index in [-0.39, 0.29) is 0 Å². The summed E-state index contributed by atoms with van der Waals surface area (Å²) < 4.78 is 0. The number of hydrogen-bond donors (Lipinski definition) is 0. The highest BCUT2D eigenvalue weighted by molar-refractivity contribution is 6.35. The van der Waals surface area contributed by atoms with E-state index in [1.165, 1.54) is 5.56 Å². The van der Waals surface area contributed by atoms with Crippen LogP contribution in [0.25, 0.3) is 22.3 Å². The van der Waals surface area contributed by atoms with Crippen molar-refractivity contribution in [2.45, 2.75) is 20.8 Å². The van der Waals surface area contributed by atoms with Gasteiger partial charge in [-0.3, -0.25) is 0 Å². The van der Waals surface area contributed by atoms with Crippen molar-refractivity contribution < 1.29 is 0 Å². The smallest absolute Gasteiger partial charge is 0.0490 e. The van der Waals surface area contributed by atoms with Gasteiger partial charge in [-0.1, -0.05) is 52.5 Å². The number of hydrogen-bond acceptors (Lipinski definition) is 0. The molecule has 0 amide bonds. The maximum Gasteiger partial charge on any atom is 0.0490 e. The van der Waals surface area contributed by atoms with E-state index in [0.29, 0.717) is 10.0 Å². The summed E-state index contributed by atoms with van der Waals surface area (Å²) in [7, 11) is 0. The van der Waals surface area contributed by atoms with Crippen LogP contribution in [0.2, 0.25) is 15.1 Å². The monoisotopic (exact) mass is 374 g/mol. The molecular weight excluding hydrogens is 359 g/mol. The summed E-state index contributed by atoms with van der Waals surface area (Å²) in [6, 6.07) is 16.0. The fourth-order valence-electron chi connectivity index (χ4n) is 2.91. The molecule has 122 valence electrons. The van der Waals surface area contributed by atoms with Crippen molar-refractivity contribution in [2.24, 2.45) is 0 Å². The molecule has 0 atom stereocenters. The Hall–Kier alpha value is -1.47. The van der Waals surface area contributed by atoms with Crippen molar-refractivity contribution in [3.05, 3.63) is 80.3 Å².